The highest BCUT2D eigenvalue weighted by molar-refractivity contribution is 5.93. The molecule has 2 aliphatic rings. The first-order chi connectivity index (χ1) is 20.2. The van der Waals surface area contributed by atoms with E-state index in [2.05, 4.69) is 10.3 Å². The minimum absolute atomic E-state index is 0.156. The van der Waals surface area contributed by atoms with Crippen molar-refractivity contribution in [3.05, 3.63) is 79.2 Å². The van der Waals surface area contributed by atoms with E-state index in [9.17, 15) is 19.2 Å². The molecule has 1 N–H and O–H groups in total. The molecule has 4 aromatic rings. The molecule has 3 heterocycles. The maximum Gasteiger partial charge on any atom is 0.331 e. The van der Waals surface area contributed by atoms with Gasteiger partial charge in [-0.15, -0.1) is 0 Å². The van der Waals surface area contributed by atoms with E-state index < -0.39 is 23.1 Å². The Labute approximate surface area is 239 Å². The van der Waals surface area contributed by atoms with Crippen molar-refractivity contribution < 1.29 is 9.18 Å². The maximum absolute atomic E-state index is 15.3. The number of urea groups is 1. The molecule has 2 fully saturated rings. The monoisotopic (exact) mass is 571 g/mol. The highest BCUT2D eigenvalue weighted by Crippen LogP contribution is 2.30. The molecule has 1 aliphatic heterocycles. The molecule has 6 rings (SSSR count). The van der Waals surface area contributed by atoms with Crippen LogP contribution in [0.3, 0.4) is 0 Å². The number of hydrogen-bond acceptors (Lipinski definition) is 6. The van der Waals surface area contributed by atoms with E-state index in [1.807, 2.05) is 6.07 Å². The molecule has 0 bridgehead atoms. The zero-order chi connectivity index (χ0) is 29.7. The van der Waals surface area contributed by atoms with Crippen LogP contribution in [0.15, 0.2) is 51.0 Å². The number of carbonyl (C=O) groups excluding carboxylic acids is 1. The summed E-state index contributed by atoms with van der Waals surface area (Å²) in [5.74, 6) is -0.482. The summed E-state index contributed by atoms with van der Waals surface area (Å²) in [6, 6.07) is 7.95. The SMILES string of the molecule is CC(C)n1c(=O)n(CC2CC2)c(=O)c2cc(NC(=O)N3CCCC(n4cnc5cc(C#N)ccc5c4=O)C3)c(F)cc21. The topological polar surface area (TPSA) is 135 Å². The first-order valence-electron chi connectivity index (χ1n) is 14.1. The molecule has 11 nitrogen and oxygen atoms in total. The molecule has 12 heteroatoms. The van der Waals surface area contributed by atoms with Gasteiger partial charge in [0.15, 0.2) is 0 Å². The molecule has 2 aromatic carbocycles. The molecule has 216 valence electrons. The van der Waals surface area contributed by atoms with Crippen molar-refractivity contribution in [3.8, 4) is 6.07 Å². The van der Waals surface area contributed by atoms with Crippen LogP contribution in [-0.4, -0.2) is 42.7 Å². The average molecular weight is 572 g/mol. The lowest BCUT2D eigenvalue weighted by molar-refractivity contribution is 0.177. The van der Waals surface area contributed by atoms with Gasteiger partial charge in [0.25, 0.3) is 11.1 Å². The molecule has 1 aliphatic carbocycles. The summed E-state index contributed by atoms with van der Waals surface area (Å²) in [5, 5.41) is 12.3. The standard InChI is InChI=1S/C30H30FN7O4/c1-17(2)38-26-12-23(31)25(11-22(26)28(40)36(30(38)42)14-18-5-6-18)34-29(41)35-9-3-4-20(15-35)37-16-33-24-10-19(13-32)7-8-21(24)27(37)39/h7-8,10-12,16-18,20H,3-6,9,14-15H2,1-2H3,(H,34,41). The second-order valence-corrected chi connectivity index (χ2v) is 11.4. The lowest BCUT2D eigenvalue weighted by Gasteiger charge is -2.33. The highest BCUT2D eigenvalue weighted by atomic mass is 19.1. The van der Waals surface area contributed by atoms with E-state index in [1.54, 1.807) is 32.0 Å². The number of amides is 2. The largest absolute Gasteiger partial charge is 0.331 e. The summed E-state index contributed by atoms with van der Waals surface area (Å²) >= 11 is 0. The van der Waals surface area contributed by atoms with E-state index in [0.29, 0.717) is 42.4 Å². The number of likely N-dealkylation sites (tertiary alicyclic amines) is 1. The van der Waals surface area contributed by atoms with Crippen LogP contribution in [0, 0.1) is 23.1 Å². The molecule has 1 saturated heterocycles. The number of halogens is 1. The molecule has 1 saturated carbocycles. The normalized spacial score (nSPS) is 17.1. The Kier molecular flexibility index (Phi) is 6.88. The number of benzene rings is 2. The number of fused-ring (bicyclic) bond motifs is 2. The van der Waals surface area contributed by atoms with Crippen molar-refractivity contribution in [1.29, 1.82) is 5.26 Å². The molecule has 0 spiro atoms. The van der Waals surface area contributed by atoms with Gasteiger partial charge in [-0.3, -0.25) is 23.3 Å². The van der Waals surface area contributed by atoms with Gasteiger partial charge in [0.2, 0.25) is 0 Å². The third-order valence-corrected chi connectivity index (χ3v) is 8.14. The molecule has 1 unspecified atom stereocenters. The molecule has 42 heavy (non-hydrogen) atoms. The highest BCUT2D eigenvalue weighted by Gasteiger charge is 2.28. The number of nitrogens with one attached hydrogen (secondary N) is 1. The van der Waals surface area contributed by atoms with Gasteiger partial charge < -0.3 is 10.2 Å². The fraction of sp³-hybridized carbons (Fsp3) is 0.400. The zero-order valence-electron chi connectivity index (χ0n) is 23.3. The van der Waals surface area contributed by atoms with Gasteiger partial charge in [-0.1, -0.05) is 0 Å². The Morgan fingerprint density at radius 2 is 1.90 bits per heavy atom. The van der Waals surface area contributed by atoms with Gasteiger partial charge in [0.05, 0.1) is 51.5 Å². The van der Waals surface area contributed by atoms with Gasteiger partial charge in [0, 0.05) is 31.7 Å². The number of rotatable bonds is 5. The minimum atomic E-state index is -0.760. The second-order valence-electron chi connectivity index (χ2n) is 11.4. The van der Waals surface area contributed by atoms with E-state index >= 15 is 4.39 Å². The summed E-state index contributed by atoms with van der Waals surface area (Å²) in [5.41, 5.74) is -0.376. The predicted octanol–water partition coefficient (Wildman–Crippen LogP) is 3.74. The fourth-order valence-corrected chi connectivity index (χ4v) is 5.74. The van der Waals surface area contributed by atoms with Crippen molar-refractivity contribution in [3.63, 3.8) is 0 Å². The van der Waals surface area contributed by atoms with Gasteiger partial charge in [-0.2, -0.15) is 5.26 Å². The van der Waals surface area contributed by atoms with Crippen LogP contribution in [0.5, 0.6) is 0 Å². The lowest BCUT2D eigenvalue weighted by atomic mass is 10.1. The Hall–Kier alpha value is -4.79. The van der Waals surface area contributed by atoms with Crippen LogP contribution in [0.1, 0.15) is 57.2 Å². The number of nitrogens with zero attached hydrogens (tertiary/aromatic N) is 6. The number of anilines is 1. The van der Waals surface area contributed by atoms with Crippen molar-refractivity contribution in [1.82, 2.24) is 23.6 Å². The molecular formula is C30H30FN7O4. The van der Waals surface area contributed by atoms with E-state index in [4.69, 9.17) is 5.26 Å². The molecule has 0 radical (unpaired) electrons. The Balaban J connectivity index is 1.29. The van der Waals surface area contributed by atoms with Gasteiger partial charge in [-0.25, -0.2) is 19.0 Å². The van der Waals surface area contributed by atoms with E-state index in [1.165, 1.54) is 31.0 Å². The van der Waals surface area contributed by atoms with Crippen molar-refractivity contribution in [2.75, 3.05) is 18.4 Å². The molecule has 2 aromatic heterocycles. The summed E-state index contributed by atoms with van der Waals surface area (Å²) in [4.78, 5) is 58.9. The van der Waals surface area contributed by atoms with Gasteiger partial charge >= 0.3 is 11.7 Å². The number of aromatic nitrogens is 4. The third kappa shape index (κ3) is 4.85. The fourth-order valence-electron chi connectivity index (χ4n) is 5.74. The van der Waals surface area contributed by atoms with Gasteiger partial charge in [0.1, 0.15) is 5.82 Å². The molecule has 1 atom stereocenters. The zero-order valence-corrected chi connectivity index (χ0v) is 23.3. The smallest absolute Gasteiger partial charge is 0.322 e. The summed E-state index contributed by atoms with van der Waals surface area (Å²) in [6.45, 7) is 4.52. The van der Waals surface area contributed by atoms with E-state index in [0.717, 1.165) is 18.9 Å². The summed E-state index contributed by atoms with van der Waals surface area (Å²) < 4.78 is 19.5. The van der Waals surface area contributed by atoms with E-state index in [-0.39, 0.29) is 46.7 Å². The average Bonchev–Trinajstić information content (AvgIpc) is 3.80. The number of hydrogen-bond donors (Lipinski definition) is 1. The number of piperidine rings is 1. The summed E-state index contributed by atoms with van der Waals surface area (Å²) in [6.07, 6.45) is 4.60. The van der Waals surface area contributed by atoms with Crippen LogP contribution in [-0.2, 0) is 6.54 Å². The summed E-state index contributed by atoms with van der Waals surface area (Å²) in [7, 11) is 0. The lowest BCUT2D eigenvalue weighted by Crippen LogP contribution is -2.45. The maximum atomic E-state index is 15.3. The third-order valence-electron chi connectivity index (χ3n) is 8.14. The van der Waals surface area contributed by atoms with Crippen LogP contribution in [0.2, 0.25) is 0 Å². The van der Waals surface area contributed by atoms with Crippen molar-refractivity contribution >= 4 is 33.5 Å². The Morgan fingerprint density at radius 3 is 2.62 bits per heavy atom. The first-order valence-corrected chi connectivity index (χ1v) is 14.1. The molecule has 2 amide bonds. The first kappa shape index (κ1) is 27.4. The van der Waals surface area contributed by atoms with Crippen LogP contribution in [0.25, 0.3) is 21.8 Å². The number of nitriles is 1. The van der Waals surface area contributed by atoms with Crippen molar-refractivity contribution in [2.45, 2.75) is 58.2 Å². The molecular weight excluding hydrogens is 541 g/mol. The number of carbonyl (C=O) groups is 1. The van der Waals surface area contributed by atoms with Gasteiger partial charge in [-0.05, 0) is 69.7 Å². The minimum Gasteiger partial charge on any atom is -0.322 e. The Bertz CT molecular complexity index is 1970. The second kappa shape index (κ2) is 10.6. The Morgan fingerprint density at radius 1 is 1.12 bits per heavy atom. The van der Waals surface area contributed by atoms with Crippen molar-refractivity contribution in [2.24, 2.45) is 5.92 Å². The predicted molar refractivity (Wildman–Crippen MR) is 155 cm³/mol. The van der Waals surface area contributed by atoms with Crippen LogP contribution in [0.4, 0.5) is 14.9 Å². The quantitative estimate of drug-likeness (QED) is 0.388. The van der Waals surface area contributed by atoms with Crippen LogP contribution < -0.4 is 22.1 Å². The van der Waals surface area contributed by atoms with Crippen LogP contribution >= 0.6 is 0 Å².